The van der Waals surface area contributed by atoms with E-state index in [1.807, 2.05) is 63.8 Å². The predicted octanol–water partition coefficient (Wildman–Crippen LogP) is 4.72. The molecule has 2 amide bonds. The van der Waals surface area contributed by atoms with Crippen molar-refractivity contribution < 1.29 is 14.3 Å². The van der Waals surface area contributed by atoms with E-state index < -0.39 is 5.60 Å². The van der Waals surface area contributed by atoms with Crippen LogP contribution in [0.3, 0.4) is 0 Å². The lowest BCUT2D eigenvalue weighted by molar-refractivity contribution is -0.139. The maximum atomic E-state index is 13.2. The highest BCUT2D eigenvalue weighted by Gasteiger charge is 2.33. The van der Waals surface area contributed by atoms with Crippen LogP contribution >= 0.6 is 11.6 Å². The summed E-state index contributed by atoms with van der Waals surface area (Å²) in [7, 11) is 0. The van der Waals surface area contributed by atoms with Crippen molar-refractivity contribution in [3.8, 4) is 0 Å². The van der Waals surface area contributed by atoms with Gasteiger partial charge in [-0.25, -0.2) is 4.79 Å². The summed E-state index contributed by atoms with van der Waals surface area (Å²) in [5.41, 5.74) is 0.508. The van der Waals surface area contributed by atoms with Gasteiger partial charge in [0.25, 0.3) is 0 Å². The maximum Gasteiger partial charge on any atom is 0.410 e. The largest absolute Gasteiger partial charge is 0.444 e. The lowest BCUT2D eigenvalue weighted by Gasteiger charge is -2.37. The third-order valence-corrected chi connectivity index (χ3v) is 4.85. The summed E-state index contributed by atoms with van der Waals surface area (Å²) in [5, 5.41) is 0.682. The van der Waals surface area contributed by atoms with Crippen LogP contribution < -0.4 is 0 Å². The summed E-state index contributed by atoms with van der Waals surface area (Å²) in [6.45, 7) is 11.2. The van der Waals surface area contributed by atoms with Gasteiger partial charge >= 0.3 is 6.09 Å². The van der Waals surface area contributed by atoms with Crippen molar-refractivity contribution in [3.63, 3.8) is 0 Å². The van der Waals surface area contributed by atoms with Gasteiger partial charge in [0.05, 0.1) is 5.92 Å². The number of halogens is 1. The fraction of sp³-hybridized carbons (Fsp3) is 0.619. The first-order valence-corrected chi connectivity index (χ1v) is 9.97. The van der Waals surface area contributed by atoms with E-state index in [0.717, 1.165) is 18.4 Å². The molecule has 0 aliphatic carbocycles. The second kappa shape index (κ2) is 8.96. The van der Waals surface area contributed by atoms with E-state index in [9.17, 15) is 9.59 Å². The van der Waals surface area contributed by atoms with E-state index in [-0.39, 0.29) is 24.0 Å². The normalized spacial score (nSPS) is 17.7. The van der Waals surface area contributed by atoms with E-state index in [4.69, 9.17) is 16.3 Å². The van der Waals surface area contributed by atoms with Crippen molar-refractivity contribution in [3.05, 3.63) is 34.9 Å². The van der Waals surface area contributed by atoms with E-state index in [0.29, 0.717) is 24.7 Å². The fourth-order valence-electron chi connectivity index (χ4n) is 3.21. The first kappa shape index (κ1) is 21.5. The molecule has 5 nitrogen and oxygen atoms in total. The van der Waals surface area contributed by atoms with E-state index >= 15 is 0 Å². The minimum atomic E-state index is -0.535. The second-order valence-corrected chi connectivity index (χ2v) is 8.89. The van der Waals surface area contributed by atoms with Gasteiger partial charge in [-0.2, -0.15) is 0 Å². The Morgan fingerprint density at radius 1 is 1.26 bits per heavy atom. The van der Waals surface area contributed by atoms with Crippen molar-refractivity contribution in [1.29, 1.82) is 0 Å². The van der Waals surface area contributed by atoms with Gasteiger partial charge < -0.3 is 14.5 Å². The maximum absolute atomic E-state index is 13.2. The molecule has 0 bridgehead atoms. The Balaban J connectivity index is 2.06. The molecular weight excluding hydrogens is 364 g/mol. The molecule has 0 unspecified atom stereocenters. The topological polar surface area (TPSA) is 49.9 Å². The van der Waals surface area contributed by atoms with Crippen molar-refractivity contribution in [2.75, 3.05) is 13.1 Å². The van der Waals surface area contributed by atoms with E-state index in [2.05, 4.69) is 0 Å². The number of likely N-dealkylation sites (tertiary alicyclic amines) is 1. The average Bonchev–Trinajstić information content (AvgIpc) is 2.59. The third-order valence-electron chi connectivity index (χ3n) is 4.59. The number of benzene rings is 1. The monoisotopic (exact) mass is 394 g/mol. The van der Waals surface area contributed by atoms with Crippen molar-refractivity contribution in [2.24, 2.45) is 5.92 Å². The van der Waals surface area contributed by atoms with Crippen molar-refractivity contribution >= 4 is 23.6 Å². The molecule has 1 aliphatic heterocycles. The van der Waals surface area contributed by atoms with Crippen LogP contribution in [-0.2, 0) is 16.1 Å². The molecule has 1 aromatic rings. The highest BCUT2D eigenvalue weighted by Crippen LogP contribution is 2.23. The highest BCUT2D eigenvalue weighted by atomic mass is 35.5. The van der Waals surface area contributed by atoms with Crippen molar-refractivity contribution in [2.45, 2.75) is 65.6 Å². The SMILES string of the molecule is CC(C)N(Cc1ccc(Cl)cc1)C(=O)[C@H]1CCCN(C(=O)OC(C)(C)C)C1. The number of carbonyl (C=O) groups is 2. The quantitative estimate of drug-likeness (QED) is 0.742. The van der Waals surface area contributed by atoms with E-state index in [1.54, 1.807) is 4.90 Å². The molecule has 1 aliphatic rings. The summed E-state index contributed by atoms with van der Waals surface area (Å²) in [4.78, 5) is 29.1. The number of piperidine rings is 1. The molecule has 1 saturated heterocycles. The molecule has 0 spiro atoms. The number of amides is 2. The molecule has 6 heteroatoms. The van der Waals surface area contributed by atoms with Crippen LogP contribution in [-0.4, -0.2) is 46.5 Å². The number of carbonyl (C=O) groups excluding carboxylic acids is 2. The van der Waals surface area contributed by atoms with Gasteiger partial charge in [-0.3, -0.25) is 4.79 Å². The summed E-state index contributed by atoms with van der Waals surface area (Å²) in [6.07, 6.45) is 1.26. The molecule has 0 saturated carbocycles. The molecular formula is C21H31ClN2O3. The van der Waals surface area contributed by atoms with Gasteiger partial charge in [0.1, 0.15) is 5.60 Å². The van der Waals surface area contributed by atoms with Crippen LogP contribution in [0.4, 0.5) is 4.79 Å². The zero-order valence-corrected chi connectivity index (χ0v) is 17.8. The van der Waals surface area contributed by atoms with Gasteiger partial charge in [-0.15, -0.1) is 0 Å². The van der Waals surface area contributed by atoms with Crippen molar-refractivity contribution in [1.82, 2.24) is 9.80 Å². The molecule has 1 fully saturated rings. The summed E-state index contributed by atoms with van der Waals surface area (Å²) >= 11 is 5.96. The van der Waals surface area contributed by atoms with Gasteiger partial charge in [-0.1, -0.05) is 23.7 Å². The Bertz CT molecular complexity index is 652. The van der Waals surface area contributed by atoms with Crippen LogP contribution in [0, 0.1) is 5.92 Å². The van der Waals surface area contributed by atoms with Gasteiger partial charge in [0, 0.05) is 30.7 Å². The Hall–Kier alpha value is -1.75. The molecule has 1 atom stereocenters. The minimum absolute atomic E-state index is 0.0741. The molecule has 1 aromatic carbocycles. The van der Waals surface area contributed by atoms with Crippen LogP contribution in [0.25, 0.3) is 0 Å². The number of hydrogen-bond acceptors (Lipinski definition) is 3. The van der Waals surface area contributed by atoms with E-state index in [1.165, 1.54) is 0 Å². The van der Waals surface area contributed by atoms with Crippen LogP contribution in [0.15, 0.2) is 24.3 Å². The first-order valence-electron chi connectivity index (χ1n) is 9.59. The molecule has 27 heavy (non-hydrogen) atoms. The molecule has 0 aromatic heterocycles. The highest BCUT2D eigenvalue weighted by molar-refractivity contribution is 6.30. The molecule has 0 radical (unpaired) electrons. The second-order valence-electron chi connectivity index (χ2n) is 8.45. The molecule has 0 N–H and O–H groups in total. The summed E-state index contributed by atoms with van der Waals surface area (Å²) in [6, 6.07) is 7.64. The minimum Gasteiger partial charge on any atom is -0.444 e. The zero-order valence-electron chi connectivity index (χ0n) is 17.0. The lowest BCUT2D eigenvalue weighted by Crippen LogP contribution is -2.49. The number of hydrogen-bond donors (Lipinski definition) is 0. The smallest absolute Gasteiger partial charge is 0.410 e. The Morgan fingerprint density at radius 3 is 2.44 bits per heavy atom. The van der Waals surface area contributed by atoms with Crippen LogP contribution in [0.2, 0.25) is 5.02 Å². The first-order chi connectivity index (χ1) is 12.6. The number of rotatable bonds is 4. The zero-order chi connectivity index (χ0) is 20.2. The summed E-state index contributed by atoms with van der Waals surface area (Å²) < 4.78 is 5.47. The fourth-order valence-corrected chi connectivity index (χ4v) is 3.33. The Kier molecular flexibility index (Phi) is 7.15. The van der Waals surface area contributed by atoms with Crippen LogP contribution in [0.5, 0.6) is 0 Å². The average molecular weight is 395 g/mol. The summed E-state index contributed by atoms with van der Waals surface area (Å²) in [5.74, 6) is -0.103. The Morgan fingerprint density at radius 2 is 1.89 bits per heavy atom. The number of nitrogens with zero attached hydrogens (tertiary/aromatic N) is 2. The third kappa shape index (κ3) is 6.42. The number of ether oxygens (including phenoxy) is 1. The molecule has 150 valence electrons. The van der Waals surface area contributed by atoms with Gasteiger partial charge in [0.15, 0.2) is 0 Å². The Labute approximate surface area is 167 Å². The predicted molar refractivity (Wildman–Crippen MR) is 108 cm³/mol. The standard InChI is InChI=1S/C21H31ClN2O3/c1-15(2)24(13-16-8-10-18(22)11-9-16)19(25)17-7-6-12-23(14-17)20(26)27-21(3,4)5/h8-11,15,17H,6-7,12-14H2,1-5H3/t17-/m0/s1. The molecule has 2 rings (SSSR count). The van der Waals surface area contributed by atoms with Gasteiger partial charge in [0.2, 0.25) is 5.91 Å². The van der Waals surface area contributed by atoms with Gasteiger partial charge in [-0.05, 0) is 65.2 Å². The lowest BCUT2D eigenvalue weighted by atomic mass is 9.96. The molecule has 1 heterocycles. The van der Waals surface area contributed by atoms with Crippen LogP contribution in [0.1, 0.15) is 53.0 Å².